The molecule has 1 atom stereocenters. The highest BCUT2D eigenvalue weighted by atomic mass is 19.1. The number of amides is 2. The molecule has 2 aliphatic heterocycles. The van der Waals surface area contributed by atoms with Crippen LogP contribution in [0.1, 0.15) is 49.3 Å². The summed E-state index contributed by atoms with van der Waals surface area (Å²) >= 11 is 0. The predicted octanol–water partition coefficient (Wildman–Crippen LogP) is 4.79. The third kappa shape index (κ3) is 4.67. The quantitative estimate of drug-likeness (QED) is 0.355. The molecule has 9 heteroatoms. The summed E-state index contributed by atoms with van der Waals surface area (Å²) in [5.41, 5.74) is 3.46. The minimum atomic E-state index is -0.361. The van der Waals surface area contributed by atoms with Gasteiger partial charge in [-0.3, -0.25) is 9.59 Å². The molecular weight excluding hydrogens is 525 g/mol. The van der Waals surface area contributed by atoms with Crippen LogP contribution in [0.15, 0.2) is 72.8 Å². The summed E-state index contributed by atoms with van der Waals surface area (Å²) in [7, 11) is 3.14. The molecule has 6 rings (SSSR count). The minimum Gasteiger partial charge on any atom is -0.505 e. The van der Waals surface area contributed by atoms with Gasteiger partial charge in [-0.25, -0.2) is 4.39 Å². The van der Waals surface area contributed by atoms with Gasteiger partial charge in [0.05, 0.1) is 20.3 Å². The number of fused-ring (bicyclic) bond motifs is 3. The van der Waals surface area contributed by atoms with Crippen LogP contribution in [0.2, 0.25) is 0 Å². The molecule has 0 spiro atoms. The van der Waals surface area contributed by atoms with Crippen LogP contribution < -0.4 is 9.47 Å². The molecule has 1 unspecified atom stereocenters. The number of nitrogens with zero attached hydrogens (tertiary/aromatic N) is 3. The van der Waals surface area contributed by atoms with E-state index in [9.17, 15) is 19.1 Å². The number of halogens is 1. The maximum absolute atomic E-state index is 14.0. The van der Waals surface area contributed by atoms with Crippen molar-refractivity contribution in [3.05, 3.63) is 112 Å². The number of hydrogen-bond acceptors (Lipinski definition) is 5. The van der Waals surface area contributed by atoms with Gasteiger partial charge in [0.2, 0.25) is 0 Å². The summed E-state index contributed by atoms with van der Waals surface area (Å²) in [6.45, 7) is 1.28. The van der Waals surface area contributed by atoms with Gasteiger partial charge in [0.15, 0.2) is 11.4 Å². The van der Waals surface area contributed by atoms with Crippen molar-refractivity contribution in [2.75, 3.05) is 27.3 Å². The van der Waals surface area contributed by atoms with Crippen molar-refractivity contribution in [3.8, 4) is 17.2 Å². The molecule has 8 nitrogen and oxygen atoms in total. The summed E-state index contributed by atoms with van der Waals surface area (Å²) in [6.07, 6.45) is 0.471. The summed E-state index contributed by atoms with van der Waals surface area (Å²) in [5, 5.41) is 11.5. The monoisotopic (exact) mass is 555 g/mol. The van der Waals surface area contributed by atoms with Crippen molar-refractivity contribution in [1.29, 1.82) is 0 Å². The Morgan fingerprint density at radius 2 is 1.66 bits per heavy atom. The smallest absolute Gasteiger partial charge is 0.274 e. The highest BCUT2D eigenvalue weighted by Gasteiger charge is 2.43. The second-order valence-corrected chi connectivity index (χ2v) is 10.3. The van der Waals surface area contributed by atoms with Gasteiger partial charge in [-0.1, -0.05) is 42.5 Å². The average Bonchev–Trinajstić information content (AvgIpc) is 3.30. The Labute approximate surface area is 237 Å². The lowest BCUT2D eigenvalue weighted by Crippen LogP contribution is -2.44. The van der Waals surface area contributed by atoms with Crippen molar-refractivity contribution < 1.29 is 28.6 Å². The molecule has 0 saturated heterocycles. The number of methoxy groups -OCH3 is 2. The minimum absolute atomic E-state index is 0.111. The first-order valence-electron chi connectivity index (χ1n) is 13.4. The van der Waals surface area contributed by atoms with E-state index in [1.165, 1.54) is 12.1 Å². The van der Waals surface area contributed by atoms with Crippen molar-refractivity contribution in [2.24, 2.45) is 0 Å². The molecule has 0 aliphatic carbocycles. The van der Waals surface area contributed by atoms with Gasteiger partial charge in [0.1, 0.15) is 22.9 Å². The Morgan fingerprint density at radius 3 is 2.37 bits per heavy atom. The van der Waals surface area contributed by atoms with E-state index < -0.39 is 0 Å². The zero-order valence-corrected chi connectivity index (χ0v) is 22.8. The molecule has 0 fully saturated rings. The first-order chi connectivity index (χ1) is 19.9. The number of aromatic hydroxyl groups is 1. The Balaban J connectivity index is 1.40. The normalized spacial score (nSPS) is 16.4. The molecule has 0 saturated carbocycles. The Kier molecular flexibility index (Phi) is 6.86. The van der Waals surface area contributed by atoms with Crippen LogP contribution in [-0.4, -0.2) is 58.6 Å². The van der Waals surface area contributed by atoms with E-state index >= 15 is 0 Å². The van der Waals surface area contributed by atoms with E-state index in [1.807, 2.05) is 47.0 Å². The van der Waals surface area contributed by atoms with Crippen LogP contribution in [0.3, 0.4) is 0 Å². The number of carbonyl (C=O) groups is 2. The van der Waals surface area contributed by atoms with Crippen LogP contribution in [-0.2, 0) is 19.5 Å². The van der Waals surface area contributed by atoms with Crippen LogP contribution in [0, 0.1) is 5.82 Å². The van der Waals surface area contributed by atoms with Gasteiger partial charge in [0, 0.05) is 49.9 Å². The second kappa shape index (κ2) is 10.6. The molecule has 3 heterocycles. The maximum Gasteiger partial charge on any atom is 0.274 e. The topological polar surface area (TPSA) is 84.2 Å². The van der Waals surface area contributed by atoms with Crippen molar-refractivity contribution >= 4 is 11.8 Å². The molecule has 4 aromatic rings. The van der Waals surface area contributed by atoms with Gasteiger partial charge >= 0.3 is 0 Å². The number of rotatable bonds is 7. The van der Waals surface area contributed by atoms with Gasteiger partial charge in [0.25, 0.3) is 11.8 Å². The van der Waals surface area contributed by atoms with E-state index in [0.29, 0.717) is 36.7 Å². The lowest BCUT2D eigenvalue weighted by Gasteiger charge is -2.37. The molecular formula is C32H30FN3O5. The molecule has 1 N–H and O–H groups in total. The number of hydrogen-bond donors (Lipinski definition) is 1. The Hall–Kier alpha value is -4.79. The van der Waals surface area contributed by atoms with Crippen LogP contribution in [0.5, 0.6) is 17.2 Å². The van der Waals surface area contributed by atoms with Gasteiger partial charge < -0.3 is 28.9 Å². The highest BCUT2D eigenvalue weighted by Crippen LogP contribution is 2.42. The van der Waals surface area contributed by atoms with Crippen LogP contribution in [0.25, 0.3) is 0 Å². The van der Waals surface area contributed by atoms with E-state index in [1.54, 1.807) is 42.2 Å². The lowest BCUT2D eigenvalue weighted by atomic mass is 10.0. The van der Waals surface area contributed by atoms with Crippen molar-refractivity contribution in [3.63, 3.8) is 0 Å². The molecule has 210 valence electrons. The molecule has 0 bridgehead atoms. The second-order valence-electron chi connectivity index (χ2n) is 10.3. The fraction of sp³-hybridized carbons (Fsp3) is 0.250. The lowest BCUT2D eigenvalue weighted by molar-refractivity contribution is 0.0659. The van der Waals surface area contributed by atoms with E-state index in [-0.39, 0.29) is 53.8 Å². The number of benzene rings is 3. The van der Waals surface area contributed by atoms with Crippen molar-refractivity contribution in [2.45, 2.75) is 25.6 Å². The Bertz CT molecular complexity index is 1620. The largest absolute Gasteiger partial charge is 0.505 e. The fourth-order valence-electron chi connectivity index (χ4n) is 5.88. The predicted molar refractivity (Wildman–Crippen MR) is 150 cm³/mol. The fourth-order valence-corrected chi connectivity index (χ4v) is 5.88. The maximum atomic E-state index is 14.0. The highest BCUT2D eigenvalue weighted by molar-refractivity contribution is 6.06. The first kappa shape index (κ1) is 26.4. The zero-order chi connectivity index (χ0) is 28.7. The molecule has 0 radical (unpaired) electrons. The molecule has 2 aliphatic rings. The summed E-state index contributed by atoms with van der Waals surface area (Å²) in [6, 6.07) is 20.9. The summed E-state index contributed by atoms with van der Waals surface area (Å²) < 4.78 is 26.2. The first-order valence-corrected chi connectivity index (χ1v) is 13.4. The standard InChI is InChI=1S/C32H30FN3O5/c1-40-24-13-10-22(27(16-24)41-2)18-35-19-26(21-6-4-3-5-7-21)36-25-14-15-34(17-20-8-11-23(33)12-9-20)31(38)28(25)30(37)29(36)32(35)39/h3-13,16,26,37H,14-15,17-19H2,1-2H3. The van der Waals surface area contributed by atoms with Gasteiger partial charge in [-0.2, -0.15) is 0 Å². The number of carbonyl (C=O) groups excluding carboxylic acids is 2. The summed E-state index contributed by atoms with van der Waals surface area (Å²) in [4.78, 5) is 31.0. The van der Waals surface area contributed by atoms with Crippen molar-refractivity contribution in [1.82, 2.24) is 14.4 Å². The van der Waals surface area contributed by atoms with Crippen LogP contribution >= 0.6 is 0 Å². The average molecular weight is 556 g/mol. The van der Waals surface area contributed by atoms with Crippen LogP contribution in [0.4, 0.5) is 4.39 Å². The Morgan fingerprint density at radius 1 is 0.902 bits per heavy atom. The summed E-state index contributed by atoms with van der Waals surface area (Å²) in [5.74, 6) is -0.130. The van der Waals surface area contributed by atoms with Gasteiger partial charge in [-0.05, 0) is 35.4 Å². The third-order valence-corrected chi connectivity index (χ3v) is 7.92. The zero-order valence-electron chi connectivity index (χ0n) is 22.8. The van der Waals surface area contributed by atoms with Gasteiger partial charge in [-0.15, -0.1) is 0 Å². The molecule has 1 aromatic heterocycles. The van der Waals surface area contributed by atoms with E-state index in [2.05, 4.69) is 0 Å². The van der Waals surface area contributed by atoms with E-state index in [0.717, 1.165) is 16.7 Å². The SMILES string of the molecule is COc1ccc(CN2CC(c3ccccc3)n3c4c(c(O)c3C2=O)C(=O)N(Cc2ccc(F)cc2)CC4)c(OC)c1. The number of ether oxygens (including phenoxy) is 2. The molecule has 41 heavy (non-hydrogen) atoms. The van der Waals surface area contributed by atoms with E-state index in [4.69, 9.17) is 9.47 Å². The third-order valence-electron chi connectivity index (χ3n) is 7.92. The molecule has 2 amide bonds. The number of aromatic nitrogens is 1. The molecule has 3 aromatic carbocycles.